The molecule has 0 aromatic heterocycles. The van der Waals surface area contributed by atoms with Crippen LogP contribution in [0.3, 0.4) is 0 Å². The minimum atomic E-state index is -1.21. The Balaban J connectivity index is 1.51. The summed E-state index contributed by atoms with van der Waals surface area (Å²) in [5.74, 6) is -1.99. The predicted molar refractivity (Wildman–Crippen MR) is 304 cm³/mol. The molecule has 2 aliphatic rings. The number of amides is 4. The van der Waals surface area contributed by atoms with Gasteiger partial charge in [-0.05, 0) is 61.0 Å². The molecule has 4 amide bonds. The number of hydrogen-bond acceptors (Lipinski definition) is 15. The van der Waals surface area contributed by atoms with E-state index in [2.05, 4.69) is 11.2 Å². The van der Waals surface area contributed by atoms with E-state index in [0.29, 0.717) is 25.8 Å². The number of Topliss-reactive ketones (excluding diaryl/α,β-unsaturated/α-hetero) is 1. The van der Waals surface area contributed by atoms with Crippen molar-refractivity contribution < 1.29 is 67.2 Å². The van der Waals surface area contributed by atoms with Crippen LogP contribution >= 0.6 is 0 Å². The van der Waals surface area contributed by atoms with Gasteiger partial charge in [0.2, 0.25) is 24.0 Å². The first-order chi connectivity index (χ1) is 38.1. The first-order valence-electron chi connectivity index (χ1n) is 28.5. The van der Waals surface area contributed by atoms with Crippen LogP contribution in [0.4, 0.5) is 10.5 Å². The monoisotopic (exact) mass is 1130 g/mol. The molecule has 2 aliphatic heterocycles. The van der Waals surface area contributed by atoms with Crippen molar-refractivity contribution in [3.63, 3.8) is 0 Å². The first-order valence-corrected chi connectivity index (χ1v) is 28.5. The lowest BCUT2D eigenvalue weighted by Crippen LogP contribution is -2.60. The topological polar surface area (TPSA) is 243 Å². The van der Waals surface area contributed by atoms with E-state index in [0.717, 1.165) is 10.5 Å². The molecular formula is C61H91N5O15. The lowest BCUT2D eigenvalue weighted by molar-refractivity contribution is -0.387. The van der Waals surface area contributed by atoms with Gasteiger partial charge in [0.25, 0.3) is 0 Å². The lowest BCUT2D eigenvalue weighted by atomic mass is 9.84. The summed E-state index contributed by atoms with van der Waals surface area (Å²) in [6.45, 7) is 22.0. The number of nitro groups is 1. The molecule has 20 heteroatoms. The van der Waals surface area contributed by atoms with Crippen molar-refractivity contribution in [2.24, 2.45) is 41.4 Å². The first kappa shape index (κ1) is 67.4. The Hall–Kier alpha value is -6.14. The van der Waals surface area contributed by atoms with Gasteiger partial charge >= 0.3 is 17.7 Å². The normalized spacial score (nSPS) is 22.8. The maximum Gasteiger partial charge on any atom is 0.410 e. The number of ether oxygens (including phenoxy) is 6. The van der Waals surface area contributed by atoms with Crippen LogP contribution in [0.15, 0.2) is 48.5 Å². The van der Waals surface area contributed by atoms with Gasteiger partial charge in [0, 0.05) is 71.7 Å². The Morgan fingerprint density at radius 1 is 0.901 bits per heavy atom. The summed E-state index contributed by atoms with van der Waals surface area (Å²) in [6, 6.07) is 9.87. The Morgan fingerprint density at radius 3 is 2.11 bits per heavy atom. The summed E-state index contributed by atoms with van der Waals surface area (Å²) < 4.78 is 35.6. The van der Waals surface area contributed by atoms with Crippen molar-refractivity contribution in [3.05, 3.63) is 69.8 Å². The lowest BCUT2D eigenvalue weighted by Gasteiger charge is -2.42. The van der Waals surface area contributed by atoms with Gasteiger partial charge in [-0.3, -0.25) is 39.0 Å². The van der Waals surface area contributed by atoms with Crippen LogP contribution in [0.25, 0.3) is 0 Å². The van der Waals surface area contributed by atoms with E-state index in [-0.39, 0.29) is 72.0 Å². The van der Waals surface area contributed by atoms with E-state index < -0.39 is 113 Å². The molecule has 4 rings (SSSR count). The van der Waals surface area contributed by atoms with E-state index in [1.807, 2.05) is 71.9 Å². The molecule has 20 nitrogen and oxygen atoms in total. The molecule has 0 aliphatic carbocycles. The van der Waals surface area contributed by atoms with Gasteiger partial charge < -0.3 is 48.6 Å². The average molecular weight is 1130 g/mol. The number of nitro benzene ring substituents is 1. The number of likely N-dealkylation sites (N-methyl/N-ethyl adjacent to an activating group) is 2. The van der Waals surface area contributed by atoms with Crippen LogP contribution in [0.5, 0.6) is 5.75 Å². The summed E-state index contributed by atoms with van der Waals surface area (Å²) in [5, 5.41) is 26.5. The van der Waals surface area contributed by atoms with Crippen LogP contribution in [-0.4, -0.2) is 150 Å². The standard InChI is InChI=1S/C61H91N5O15/c1-18-24-48(44-28-29-49(46(32-44)66(74)75)80-60-57(79-42(13)67)39(10)38(9)41(12)78-60)81-61(73)64(15)53(35(5)6)58(71)62-52(34(3)4)59(72)63(14)54(36(7)19-2)50(76-16)33-51(69)65-30-23-27-45(65)56(77-17)40(11)47(68)31-37(8)55(70)43-25-21-20-22-26-43/h1,20-22,25-26,28-29,32,34-41,45,48,50,52-57,60,70H,19,23-24,27,30-31,33H2,2-17H3,(H,62,71)/t36-,37-,38?,39?,40-,41?,45-,48?,50+,52-,53-,54-,55+,56+,57?,60?/m0/s1. The third-order valence-corrected chi connectivity index (χ3v) is 16.7. The quantitative estimate of drug-likeness (QED) is 0.0351. The van der Waals surface area contributed by atoms with E-state index in [4.69, 9.17) is 34.8 Å². The molecule has 2 heterocycles. The molecule has 450 valence electrons. The molecule has 2 aromatic rings. The Kier molecular flexibility index (Phi) is 25.6. The molecule has 2 aromatic carbocycles. The number of nitrogens with zero attached hydrogens (tertiary/aromatic N) is 4. The summed E-state index contributed by atoms with van der Waals surface area (Å²) in [6.07, 6.45) is 0.755. The van der Waals surface area contributed by atoms with Crippen LogP contribution in [0, 0.1) is 63.9 Å². The molecule has 0 radical (unpaired) electrons. The van der Waals surface area contributed by atoms with Gasteiger partial charge in [-0.2, -0.15) is 0 Å². The number of rotatable bonds is 28. The molecule has 81 heavy (non-hydrogen) atoms. The summed E-state index contributed by atoms with van der Waals surface area (Å²) >= 11 is 0. The number of aliphatic hydroxyl groups is 1. The van der Waals surface area contributed by atoms with Crippen molar-refractivity contribution in [2.75, 3.05) is 34.9 Å². The highest BCUT2D eigenvalue weighted by molar-refractivity contribution is 5.92. The minimum Gasteiger partial charge on any atom is -0.456 e. The number of aliphatic hydroxyl groups excluding tert-OH is 1. The summed E-state index contributed by atoms with van der Waals surface area (Å²) in [7, 11) is 6.04. The number of esters is 1. The highest BCUT2D eigenvalue weighted by atomic mass is 16.7. The fourth-order valence-electron chi connectivity index (χ4n) is 11.4. The zero-order chi connectivity index (χ0) is 60.7. The Morgan fingerprint density at radius 2 is 1.56 bits per heavy atom. The number of likely N-dealkylation sites (tertiary alicyclic amines) is 1. The van der Waals surface area contributed by atoms with Gasteiger partial charge in [0.05, 0.1) is 54.3 Å². The molecule has 2 fully saturated rings. The number of benzene rings is 2. The van der Waals surface area contributed by atoms with Crippen LogP contribution in [-0.2, 0) is 47.7 Å². The third kappa shape index (κ3) is 17.0. The second-order valence-corrected chi connectivity index (χ2v) is 23.0. The maximum absolute atomic E-state index is 14.8. The van der Waals surface area contributed by atoms with Crippen LogP contribution in [0.1, 0.15) is 145 Å². The van der Waals surface area contributed by atoms with Crippen molar-refractivity contribution in [1.29, 1.82) is 0 Å². The largest absolute Gasteiger partial charge is 0.456 e. The third-order valence-electron chi connectivity index (χ3n) is 16.7. The molecule has 0 spiro atoms. The number of hydrogen-bond donors (Lipinski definition) is 2. The zero-order valence-electron chi connectivity index (χ0n) is 50.5. The number of carbonyl (C=O) groups is 6. The molecule has 0 bridgehead atoms. The number of ketones is 1. The summed E-state index contributed by atoms with van der Waals surface area (Å²) in [5.41, 5.74) is 0.404. The molecule has 2 saturated heterocycles. The highest BCUT2D eigenvalue weighted by Crippen LogP contribution is 2.39. The van der Waals surface area contributed by atoms with E-state index >= 15 is 0 Å². The molecule has 2 N–H and O–H groups in total. The van der Waals surface area contributed by atoms with E-state index in [9.17, 15) is 44.0 Å². The van der Waals surface area contributed by atoms with Gasteiger partial charge in [-0.15, -0.1) is 12.3 Å². The Bertz CT molecular complexity index is 2490. The summed E-state index contributed by atoms with van der Waals surface area (Å²) in [4.78, 5) is 100. The second-order valence-electron chi connectivity index (χ2n) is 23.0. The van der Waals surface area contributed by atoms with Crippen molar-refractivity contribution in [3.8, 4) is 18.1 Å². The predicted octanol–water partition coefficient (Wildman–Crippen LogP) is 8.47. The minimum absolute atomic E-state index is 0.0242. The van der Waals surface area contributed by atoms with Gasteiger partial charge in [-0.25, -0.2) is 4.79 Å². The van der Waals surface area contributed by atoms with E-state index in [1.54, 1.807) is 53.7 Å². The maximum atomic E-state index is 14.8. The number of carbonyl (C=O) groups excluding carboxylic acids is 6. The van der Waals surface area contributed by atoms with Crippen molar-refractivity contribution in [2.45, 2.75) is 189 Å². The van der Waals surface area contributed by atoms with E-state index in [1.165, 1.54) is 44.2 Å². The molecule has 16 atom stereocenters. The smallest absolute Gasteiger partial charge is 0.410 e. The average Bonchev–Trinajstić information content (AvgIpc) is 4.00. The second kappa shape index (κ2) is 30.8. The van der Waals surface area contributed by atoms with Gasteiger partial charge in [-0.1, -0.05) is 112 Å². The van der Waals surface area contributed by atoms with Gasteiger partial charge in [0.1, 0.15) is 24.0 Å². The molecule has 0 saturated carbocycles. The molecule has 6 unspecified atom stereocenters. The fourth-order valence-corrected chi connectivity index (χ4v) is 11.4. The number of methoxy groups -OCH3 is 2. The van der Waals surface area contributed by atoms with Crippen LogP contribution in [0.2, 0.25) is 0 Å². The number of nitrogens with one attached hydrogen (secondary N) is 1. The van der Waals surface area contributed by atoms with Gasteiger partial charge in [0.15, 0.2) is 11.9 Å². The Labute approximate surface area is 479 Å². The zero-order valence-corrected chi connectivity index (χ0v) is 50.5. The van der Waals surface area contributed by atoms with Crippen molar-refractivity contribution in [1.82, 2.24) is 20.0 Å². The fraction of sp³-hybridized carbons (Fsp3) is 0.672. The van der Waals surface area contributed by atoms with Crippen molar-refractivity contribution >= 4 is 41.3 Å². The number of terminal acetylenes is 1. The highest BCUT2D eigenvalue weighted by Gasteiger charge is 2.46. The SMILES string of the molecule is C#CCC(OC(=O)N(C)[C@H](C(=O)N[C@H](C(=O)N(C)[C@@H]([C@@H](C)CC)[C@@H](CC(=O)N1CCC[C@H]1[C@H](OC)[C@@H](C)C(=O)C[C@H](C)[C@@H](O)c1ccccc1)OC)C(C)C)C(C)C)c1ccc(OC2OC(C)C(C)C(C)C2OC(C)=O)c([N+](=O)[O-])c1. The van der Waals surface area contributed by atoms with Crippen LogP contribution < -0.4 is 10.1 Å². The molecular weight excluding hydrogens is 1040 g/mol.